The average molecular weight is 441 g/mol. The molecule has 2 N–H and O–H groups in total. The number of benzene rings is 1. The second kappa shape index (κ2) is 9.32. The van der Waals surface area contributed by atoms with Crippen LogP contribution >= 0.6 is 0 Å². The van der Waals surface area contributed by atoms with Gasteiger partial charge in [0.2, 0.25) is 0 Å². The van der Waals surface area contributed by atoms with E-state index in [0.717, 1.165) is 71.2 Å². The summed E-state index contributed by atoms with van der Waals surface area (Å²) < 4.78 is 0. The molecule has 1 atom stereocenters. The SMILES string of the molecule is CC1(N2CCC(N3C(=O)N(C4CCC(O)CC4)C[C@H]3c3ccccc3)CC2)CCNCC1. The highest BCUT2D eigenvalue weighted by molar-refractivity contribution is 5.78. The molecule has 3 saturated heterocycles. The fraction of sp³-hybridized carbons (Fsp3) is 0.731. The summed E-state index contributed by atoms with van der Waals surface area (Å²) in [6.07, 6.45) is 7.85. The van der Waals surface area contributed by atoms with E-state index < -0.39 is 0 Å². The largest absolute Gasteiger partial charge is 0.393 e. The molecule has 3 heterocycles. The van der Waals surface area contributed by atoms with Crippen LogP contribution in [0.3, 0.4) is 0 Å². The molecule has 1 aliphatic carbocycles. The Bertz CT molecular complexity index is 765. The Morgan fingerprint density at radius 2 is 1.59 bits per heavy atom. The molecule has 0 radical (unpaired) electrons. The highest BCUT2D eigenvalue weighted by atomic mass is 16.3. The Morgan fingerprint density at radius 1 is 0.938 bits per heavy atom. The van der Waals surface area contributed by atoms with Crippen molar-refractivity contribution < 1.29 is 9.90 Å². The molecule has 4 aliphatic rings. The van der Waals surface area contributed by atoms with Crippen molar-refractivity contribution in [2.45, 2.75) is 88.1 Å². The molecule has 0 aromatic heterocycles. The lowest BCUT2D eigenvalue weighted by Gasteiger charge is -2.48. The summed E-state index contributed by atoms with van der Waals surface area (Å²) >= 11 is 0. The third kappa shape index (κ3) is 4.29. The first-order valence-corrected chi connectivity index (χ1v) is 12.8. The summed E-state index contributed by atoms with van der Waals surface area (Å²) in [5.74, 6) is 0. The molecule has 0 bridgehead atoms. The smallest absolute Gasteiger partial charge is 0.321 e. The Hall–Kier alpha value is -1.63. The lowest BCUT2D eigenvalue weighted by atomic mass is 9.86. The van der Waals surface area contributed by atoms with Crippen molar-refractivity contribution in [1.82, 2.24) is 20.0 Å². The van der Waals surface area contributed by atoms with Gasteiger partial charge in [-0.15, -0.1) is 0 Å². The number of aliphatic hydroxyl groups excluding tert-OH is 1. The molecule has 1 saturated carbocycles. The van der Waals surface area contributed by atoms with E-state index in [1.165, 1.54) is 18.4 Å². The molecular formula is C26H40N4O2. The maximum atomic E-state index is 13.8. The zero-order chi connectivity index (χ0) is 22.1. The van der Waals surface area contributed by atoms with Gasteiger partial charge in [-0.3, -0.25) is 4.90 Å². The van der Waals surface area contributed by atoms with Crippen molar-refractivity contribution in [2.24, 2.45) is 0 Å². The van der Waals surface area contributed by atoms with Crippen LogP contribution in [0, 0.1) is 0 Å². The molecule has 0 spiro atoms. The highest BCUT2D eigenvalue weighted by Crippen LogP contribution is 2.39. The predicted octanol–water partition coefficient (Wildman–Crippen LogP) is 3.38. The summed E-state index contributed by atoms with van der Waals surface area (Å²) in [5.41, 5.74) is 1.56. The number of carbonyl (C=O) groups excluding carboxylic acids is 1. The van der Waals surface area contributed by atoms with Crippen molar-refractivity contribution in [3.05, 3.63) is 35.9 Å². The van der Waals surface area contributed by atoms with E-state index in [4.69, 9.17) is 0 Å². The number of hydrogen-bond acceptors (Lipinski definition) is 4. The van der Waals surface area contributed by atoms with Gasteiger partial charge < -0.3 is 20.2 Å². The number of aliphatic hydroxyl groups is 1. The first-order valence-electron chi connectivity index (χ1n) is 12.8. The maximum absolute atomic E-state index is 13.8. The summed E-state index contributed by atoms with van der Waals surface area (Å²) in [7, 11) is 0. The van der Waals surface area contributed by atoms with Gasteiger partial charge in [-0.1, -0.05) is 30.3 Å². The quantitative estimate of drug-likeness (QED) is 0.754. The van der Waals surface area contributed by atoms with Gasteiger partial charge in [-0.05, 0) is 76.9 Å². The summed E-state index contributed by atoms with van der Waals surface area (Å²) in [6, 6.07) is 11.6. The van der Waals surface area contributed by atoms with E-state index >= 15 is 0 Å². The van der Waals surface area contributed by atoms with Crippen LogP contribution in [0.5, 0.6) is 0 Å². The van der Waals surface area contributed by atoms with Crippen molar-refractivity contribution in [3.8, 4) is 0 Å². The van der Waals surface area contributed by atoms with Crippen molar-refractivity contribution >= 4 is 6.03 Å². The number of amides is 2. The molecule has 3 aliphatic heterocycles. The van der Waals surface area contributed by atoms with Gasteiger partial charge in [-0.2, -0.15) is 0 Å². The van der Waals surface area contributed by atoms with Gasteiger partial charge in [0.1, 0.15) is 0 Å². The second-order valence-electron chi connectivity index (χ2n) is 10.7. The van der Waals surface area contributed by atoms with E-state index in [1.54, 1.807) is 0 Å². The van der Waals surface area contributed by atoms with Crippen LogP contribution in [-0.4, -0.2) is 82.3 Å². The third-order valence-electron chi connectivity index (χ3n) is 8.77. The van der Waals surface area contributed by atoms with E-state index in [1.807, 2.05) is 0 Å². The predicted molar refractivity (Wildman–Crippen MR) is 126 cm³/mol. The first kappa shape index (κ1) is 22.2. The molecule has 6 nitrogen and oxygen atoms in total. The average Bonchev–Trinajstić information content (AvgIpc) is 3.18. The summed E-state index contributed by atoms with van der Waals surface area (Å²) in [6.45, 7) is 7.61. The van der Waals surface area contributed by atoms with Crippen LogP contribution in [0.25, 0.3) is 0 Å². The minimum atomic E-state index is -0.189. The molecule has 2 amide bonds. The van der Waals surface area contributed by atoms with Crippen molar-refractivity contribution in [1.29, 1.82) is 0 Å². The van der Waals surface area contributed by atoms with Gasteiger partial charge in [0.15, 0.2) is 0 Å². The van der Waals surface area contributed by atoms with Crippen LogP contribution in [-0.2, 0) is 0 Å². The van der Waals surface area contributed by atoms with Gasteiger partial charge in [0.25, 0.3) is 0 Å². The van der Waals surface area contributed by atoms with Crippen molar-refractivity contribution in [3.63, 3.8) is 0 Å². The molecule has 176 valence electrons. The minimum absolute atomic E-state index is 0.140. The van der Waals surface area contributed by atoms with E-state index in [0.29, 0.717) is 11.6 Å². The maximum Gasteiger partial charge on any atom is 0.321 e. The van der Waals surface area contributed by atoms with E-state index in [2.05, 4.69) is 57.3 Å². The zero-order valence-corrected chi connectivity index (χ0v) is 19.6. The van der Waals surface area contributed by atoms with Crippen LogP contribution in [0.4, 0.5) is 4.79 Å². The molecule has 1 aromatic rings. The molecule has 1 aromatic carbocycles. The van der Waals surface area contributed by atoms with Gasteiger partial charge >= 0.3 is 6.03 Å². The normalized spacial score (nSPS) is 32.4. The number of urea groups is 1. The third-order valence-corrected chi connectivity index (χ3v) is 8.77. The van der Waals surface area contributed by atoms with Gasteiger partial charge in [-0.25, -0.2) is 4.79 Å². The highest BCUT2D eigenvalue weighted by Gasteiger charge is 2.46. The molecular weight excluding hydrogens is 400 g/mol. The van der Waals surface area contributed by atoms with Gasteiger partial charge in [0, 0.05) is 37.3 Å². The number of piperidine rings is 2. The lowest BCUT2D eigenvalue weighted by molar-refractivity contribution is 0.0262. The van der Waals surface area contributed by atoms with E-state index in [9.17, 15) is 9.90 Å². The number of likely N-dealkylation sites (tertiary alicyclic amines) is 1. The fourth-order valence-corrected chi connectivity index (χ4v) is 6.63. The number of hydrogen-bond donors (Lipinski definition) is 2. The fourth-order valence-electron chi connectivity index (χ4n) is 6.63. The van der Waals surface area contributed by atoms with Gasteiger partial charge in [0.05, 0.1) is 12.1 Å². The monoisotopic (exact) mass is 440 g/mol. The minimum Gasteiger partial charge on any atom is -0.393 e. The Balaban J connectivity index is 1.32. The van der Waals surface area contributed by atoms with Crippen LogP contribution in [0.15, 0.2) is 30.3 Å². The topological polar surface area (TPSA) is 59.0 Å². The number of rotatable bonds is 4. The molecule has 32 heavy (non-hydrogen) atoms. The standard InChI is InChI=1S/C26H40N4O2/c1-26(13-15-27-16-14-26)28-17-11-22(12-18-28)30-24(20-5-3-2-4-6-20)19-29(25(30)32)21-7-9-23(31)10-8-21/h2-6,21-24,27,31H,7-19H2,1H3/t21?,23?,24-/m0/s1. The lowest BCUT2D eigenvalue weighted by Crippen LogP contribution is -2.57. The Labute approximate surface area is 192 Å². The Morgan fingerprint density at radius 3 is 2.25 bits per heavy atom. The van der Waals surface area contributed by atoms with Crippen LogP contribution in [0.2, 0.25) is 0 Å². The summed E-state index contributed by atoms with van der Waals surface area (Å²) in [5, 5.41) is 13.5. The van der Waals surface area contributed by atoms with Crippen LogP contribution in [0.1, 0.15) is 69.9 Å². The Kier molecular flexibility index (Phi) is 6.46. The van der Waals surface area contributed by atoms with Crippen LogP contribution < -0.4 is 5.32 Å². The zero-order valence-electron chi connectivity index (χ0n) is 19.6. The molecule has 0 unspecified atom stereocenters. The molecule has 4 fully saturated rings. The summed E-state index contributed by atoms with van der Waals surface area (Å²) in [4.78, 5) is 20.9. The first-order chi connectivity index (χ1) is 15.5. The van der Waals surface area contributed by atoms with Crippen molar-refractivity contribution in [2.75, 3.05) is 32.7 Å². The molecule has 5 rings (SSSR count). The number of nitrogens with zero attached hydrogens (tertiary/aromatic N) is 3. The molecule has 6 heteroatoms. The number of nitrogens with one attached hydrogen (secondary N) is 1. The number of carbonyl (C=O) groups is 1. The second-order valence-corrected chi connectivity index (χ2v) is 10.7. The van der Waals surface area contributed by atoms with E-state index in [-0.39, 0.29) is 24.2 Å².